The van der Waals surface area contributed by atoms with Crippen LogP contribution in [0.3, 0.4) is 0 Å². The highest BCUT2D eigenvalue weighted by molar-refractivity contribution is 14.0. The van der Waals surface area contributed by atoms with Gasteiger partial charge < -0.3 is 20.7 Å². The lowest BCUT2D eigenvalue weighted by Crippen LogP contribution is -2.39. The minimum atomic E-state index is -2.99. The number of methoxy groups -OCH3 is 1. The highest BCUT2D eigenvalue weighted by atomic mass is 127. The van der Waals surface area contributed by atoms with Gasteiger partial charge >= 0.3 is 0 Å². The van der Waals surface area contributed by atoms with Gasteiger partial charge in [-0.15, -0.1) is 24.0 Å². The van der Waals surface area contributed by atoms with Gasteiger partial charge in [0.2, 0.25) is 5.91 Å². The molecule has 0 aliphatic carbocycles. The summed E-state index contributed by atoms with van der Waals surface area (Å²) < 4.78 is 28.0. The Hall–Kier alpha value is -1.56. The summed E-state index contributed by atoms with van der Waals surface area (Å²) >= 11 is 0. The SMILES string of the molecule is CCNC(=NCCC(=O)NC1CCS(=O)(=O)C1)NCCc1ccc(OC)cc1.I. The van der Waals surface area contributed by atoms with Gasteiger partial charge in [-0.3, -0.25) is 9.79 Å². The molecular formula is C19H31IN4O4S. The maximum Gasteiger partial charge on any atom is 0.222 e. The first-order valence-corrected chi connectivity index (χ1v) is 11.4. The Bertz CT molecular complexity index is 769. The molecule has 0 spiro atoms. The molecule has 1 aliphatic heterocycles. The third-order valence-electron chi connectivity index (χ3n) is 4.42. The Kier molecular flexibility index (Phi) is 11.3. The molecule has 29 heavy (non-hydrogen) atoms. The maximum atomic E-state index is 12.0. The molecule has 0 radical (unpaired) electrons. The summed E-state index contributed by atoms with van der Waals surface area (Å²) in [6.45, 7) is 3.75. The lowest BCUT2D eigenvalue weighted by Gasteiger charge is -2.12. The second kappa shape index (κ2) is 12.9. The Labute approximate surface area is 190 Å². The Morgan fingerprint density at radius 2 is 1.97 bits per heavy atom. The third-order valence-corrected chi connectivity index (χ3v) is 6.18. The molecule has 1 heterocycles. The van der Waals surface area contributed by atoms with Crippen LogP contribution < -0.4 is 20.7 Å². The standard InChI is InChI=1S/C19H30N4O4S.HI/c1-3-20-19(21-11-8-15-4-6-17(27-2)7-5-15)22-12-9-18(24)23-16-10-13-28(25,26)14-16;/h4-7,16H,3,8-14H2,1-2H3,(H,23,24)(H2,20,21,22);1H. The topological polar surface area (TPSA) is 109 Å². The fraction of sp³-hybridized carbons (Fsp3) is 0.579. The van der Waals surface area contributed by atoms with E-state index in [9.17, 15) is 13.2 Å². The van der Waals surface area contributed by atoms with E-state index in [1.807, 2.05) is 31.2 Å². The van der Waals surface area contributed by atoms with Crippen molar-refractivity contribution < 1.29 is 17.9 Å². The number of halogens is 1. The van der Waals surface area contributed by atoms with Crippen LogP contribution in [0.1, 0.15) is 25.3 Å². The molecule has 1 amide bonds. The van der Waals surface area contributed by atoms with Crippen molar-refractivity contribution in [2.75, 3.05) is 38.2 Å². The van der Waals surface area contributed by atoms with E-state index >= 15 is 0 Å². The third kappa shape index (κ3) is 9.66. The van der Waals surface area contributed by atoms with Gasteiger partial charge in [0.05, 0.1) is 25.2 Å². The monoisotopic (exact) mass is 538 g/mol. The van der Waals surface area contributed by atoms with Crippen LogP contribution in [0, 0.1) is 0 Å². The van der Waals surface area contributed by atoms with Crippen molar-refractivity contribution in [3.05, 3.63) is 29.8 Å². The molecule has 1 aliphatic rings. The zero-order valence-electron chi connectivity index (χ0n) is 16.9. The van der Waals surface area contributed by atoms with Crippen LogP contribution in [-0.4, -0.2) is 64.6 Å². The molecule has 1 unspecified atom stereocenters. The summed E-state index contributed by atoms with van der Waals surface area (Å²) in [6.07, 6.45) is 1.56. The molecular weight excluding hydrogens is 507 g/mol. The van der Waals surface area contributed by atoms with Crippen LogP contribution in [0.2, 0.25) is 0 Å². The number of sulfone groups is 1. The van der Waals surface area contributed by atoms with Gasteiger partial charge in [-0.2, -0.15) is 0 Å². The van der Waals surface area contributed by atoms with E-state index in [4.69, 9.17) is 4.74 Å². The summed E-state index contributed by atoms with van der Waals surface area (Å²) in [7, 11) is -1.34. The number of amides is 1. The molecule has 0 bridgehead atoms. The number of carbonyl (C=O) groups excluding carboxylic acids is 1. The van der Waals surface area contributed by atoms with Gasteiger partial charge in [-0.25, -0.2) is 8.42 Å². The quantitative estimate of drug-likeness (QED) is 0.247. The van der Waals surface area contributed by atoms with Crippen LogP contribution in [-0.2, 0) is 21.1 Å². The maximum absolute atomic E-state index is 12.0. The molecule has 2 rings (SSSR count). The Morgan fingerprint density at radius 1 is 1.24 bits per heavy atom. The second-order valence-corrected chi connectivity index (χ2v) is 8.93. The minimum absolute atomic E-state index is 0. The van der Waals surface area contributed by atoms with E-state index in [1.54, 1.807) is 7.11 Å². The van der Waals surface area contributed by atoms with Crippen molar-refractivity contribution in [3.8, 4) is 5.75 Å². The zero-order valence-corrected chi connectivity index (χ0v) is 20.1. The summed E-state index contributed by atoms with van der Waals surface area (Å²) in [5.41, 5.74) is 1.19. The summed E-state index contributed by atoms with van der Waals surface area (Å²) in [5, 5.41) is 9.18. The van der Waals surface area contributed by atoms with Gasteiger partial charge in [0.25, 0.3) is 0 Å². The Balaban J connectivity index is 0.00000420. The van der Waals surface area contributed by atoms with Gasteiger partial charge in [0.15, 0.2) is 15.8 Å². The average molecular weight is 538 g/mol. The van der Waals surface area contributed by atoms with E-state index in [2.05, 4.69) is 20.9 Å². The summed E-state index contributed by atoms with van der Waals surface area (Å²) in [6, 6.07) is 7.65. The molecule has 1 aromatic rings. The summed E-state index contributed by atoms with van der Waals surface area (Å²) in [4.78, 5) is 16.4. The summed E-state index contributed by atoms with van der Waals surface area (Å²) in [5.74, 6) is 1.52. The predicted octanol–water partition coefficient (Wildman–Crippen LogP) is 1.10. The van der Waals surface area contributed by atoms with E-state index in [-0.39, 0.29) is 53.9 Å². The molecule has 164 valence electrons. The number of hydrogen-bond acceptors (Lipinski definition) is 5. The van der Waals surface area contributed by atoms with Crippen molar-refractivity contribution in [1.29, 1.82) is 0 Å². The highest BCUT2D eigenvalue weighted by Gasteiger charge is 2.28. The van der Waals surface area contributed by atoms with Crippen molar-refractivity contribution in [1.82, 2.24) is 16.0 Å². The van der Waals surface area contributed by atoms with Crippen molar-refractivity contribution in [2.45, 2.75) is 32.2 Å². The number of benzene rings is 1. The van der Waals surface area contributed by atoms with Crippen LogP contribution in [0.5, 0.6) is 5.75 Å². The van der Waals surface area contributed by atoms with E-state index in [0.29, 0.717) is 25.5 Å². The zero-order chi connectivity index (χ0) is 20.4. The number of nitrogens with one attached hydrogen (secondary N) is 3. The minimum Gasteiger partial charge on any atom is -0.497 e. The number of rotatable bonds is 9. The largest absolute Gasteiger partial charge is 0.497 e. The second-order valence-electron chi connectivity index (χ2n) is 6.70. The number of carbonyl (C=O) groups is 1. The first-order valence-electron chi connectivity index (χ1n) is 9.56. The van der Waals surface area contributed by atoms with E-state index < -0.39 is 9.84 Å². The van der Waals surface area contributed by atoms with Crippen molar-refractivity contribution in [3.63, 3.8) is 0 Å². The number of hydrogen-bond donors (Lipinski definition) is 3. The molecule has 0 saturated carbocycles. The lowest BCUT2D eigenvalue weighted by molar-refractivity contribution is -0.121. The van der Waals surface area contributed by atoms with Crippen LogP contribution in [0.15, 0.2) is 29.3 Å². The van der Waals surface area contributed by atoms with Gasteiger partial charge in [-0.05, 0) is 37.5 Å². The van der Waals surface area contributed by atoms with Crippen LogP contribution in [0.25, 0.3) is 0 Å². The average Bonchev–Trinajstić information content (AvgIpc) is 3.00. The molecule has 1 fully saturated rings. The van der Waals surface area contributed by atoms with E-state index in [0.717, 1.165) is 18.7 Å². The lowest BCUT2D eigenvalue weighted by atomic mass is 10.1. The normalized spacial score (nSPS) is 17.9. The van der Waals surface area contributed by atoms with Gasteiger partial charge in [0, 0.05) is 25.6 Å². The fourth-order valence-corrected chi connectivity index (χ4v) is 4.61. The number of guanidine groups is 1. The number of aliphatic imine (C=N–C) groups is 1. The first kappa shape index (κ1) is 25.5. The van der Waals surface area contributed by atoms with E-state index in [1.165, 1.54) is 5.56 Å². The molecule has 10 heteroatoms. The van der Waals surface area contributed by atoms with Crippen molar-refractivity contribution in [2.24, 2.45) is 4.99 Å². The van der Waals surface area contributed by atoms with Crippen LogP contribution >= 0.6 is 24.0 Å². The molecule has 1 aromatic carbocycles. The fourth-order valence-electron chi connectivity index (χ4n) is 2.94. The highest BCUT2D eigenvalue weighted by Crippen LogP contribution is 2.12. The van der Waals surface area contributed by atoms with Crippen LogP contribution in [0.4, 0.5) is 0 Å². The molecule has 3 N–H and O–H groups in total. The first-order chi connectivity index (χ1) is 13.4. The number of nitrogens with zero attached hydrogens (tertiary/aromatic N) is 1. The Morgan fingerprint density at radius 3 is 2.55 bits per heavy atom. The molecule has 0 aromatic heterocycles. The van der Waals surface area contributed by atoms with Crippen molar-refractivity contribution >= 4 is 45.7 Å². The number of ether oxygens (including phenoxy) is 1. The molecule has 1 saturated heterocycles. The molecule has 1 atom stereocenters. The molecule has 8 nitrogen and oxygen atoms in total. The smallest absolute Gasteiger partial charge is 0.222 e. The predicted molar refractivity (Wildman–Crippen MR) is 126 cm³/mol. The van der Waals surface area contributed by atoms with Gasteiger partial charge in [0.1, 0.15) is 5.75 Å². The van der Waals surface area contributed by atoms with Gasteiger partial charge in [-0.1, -0.05) is 12.1 Å².